The zero-order chi connectivity index (χ0) is 14.4. The number of ether oxygens (including phenoxy) is 1. The number of nitrogens with one attached hydrogen (secondary N) is 1. The Kier molecular flexibility index (Phi) is 4.85. The number of rotatable bonds is 6. The first-order valence-electron chi connectivity index (χ1n) is 6.61. The van der Waals surface area contributed by atoms with E-state index in [-0.39, 0.29) is 12.4 Å². The van der Waals surface area contributed by atoms with Gasteiger partial charge in [0.2, 0.25) is 0 Å². The Labute approximate surface area is 118 Å². The quantitative estimate of drug-likeness (QED) is 0.757. The van der Waals surface area contributed by atoms with Gasteiger partial charge in [-0.2, -0.15) is 0 Å². The fraction of sp³-hybridized carbons (Fsp3) is 0.250. The van der Waals surface area contributed by atoms with Crippen LogP contribution in [0.15, 0.2) is 42.5 Å². The molecule has 0 saturated heterocycles. The summed E-state index contributed by atoms with van der Waals surface area (Å²) in [6.45, 7) is 3.03. The fourth-order valence-electron chi connectivity index (χ4n) is 1.98. The SMILES string of the molecule is CCOc1ccc(NCc2cccc(O)c2)cc1CO. The number of phenols is 1. The number of benzene rings is 2. The highest BCUT2D eigenvalue weighted by molar-refractivity contribution is 5.51. The monoisotopic (exact) mass is 273 g/mol. The highest BCUT2D eigenvalue weighted by Gasteiger charge is 2.04. The Bertz CT molecular complexity index is 569. The average molecular weight is 273 g/mol. The third-order valence-electron chi connectivity index (χ3n) is 2.94. The molecule has 0 aliphatic heterocycles. The minimum absolute atomic E-state index is 0.0586. The van der Waals surface area contributed by atoms with Crippen LogP contribution in [0.2, 0.25) is 0 Å². The Morgan fingerprint density at radius 3 is 2.70 bits per heavy atom. The Morgan fingerprint density at radius 1 is 1.15 bits per heavy atom. The number of anilines is 1. The molecule has 0 aliphatic rings. The number of hydrogen-bond donors (Lipinski definition) is 3. The van der Waals surface area contributed by atoms with Gasteiger partial charge >= 0.3 is 0 Å². The third-order valence-corrected chi connectivity index (χ3v) is 2.94. The van der Waals surface area contributed by atoms with Crippen molar-refractivity contribution in [2.24, 2.45) is 0 Å². The lowest BCUT2D eigenvalue weighted by molar-refractivity contribution is 0.267. The van der Waals surface area contributed by atoms with Crippen molar-refractivity contribution < 1.29 is 14.9 Å². The summed E-state index contributed by atoms with van der Waals surface area (Å²) in [6.07, 6.45) is 0. The van der Waals surface area contributed by atoms with Crippen LogP contribution in [0, 0.1) is 0 Å². The molecule has 3 N–H and O–H groups in total. The summed E-state index contributed by atoms with van der Waals surface area (Å²) in [5.41, 5.74) is 2.65. The van der Waals surface area contributed by atoms with Crippen molar-refractivity contribution in [3.63, 3.8) is 0 Å². The van der Waals surface area contributed by atoms with Crippen LogP contribution in [0.25, 0.3) is 0 Å². The van der Waals surface area contributed by atoms with Gasteiger partial charge in [-0.3, -0.25) is 0 Å². The van der Waals surface area contributed by atoms with Gasteiger partial charge in [-0.25, -0.2) is 0 Å². The lowest BCUT2D eigenvalue weighted by Gasteiger charge is -2.12. The van der Waals surface area contributed by atoms with E-state index in [4.69, 9.17) is 4.74 Å². The second-order valence-corrected chi connectivity index (χ2v) is 4.44. The maximum Gasteiger partial charge on any atom is 0.124 e. The van der Waals surface area contributed by atoms with Gasteiger partial charge < -0.3 is 20.3 Å². The van der Waals surface area contributed by atoms with Crippen molar-refractivity contribution in [3.05, 3.63) is 53.6 Å². The molecule has 0 unspecified atom stereocenters. The summed E-state index contributed by atoms with van der Waals surface area (Å²) in [7, 11) is 0. The largest absolute Gasteiger partial charge is 0.508 e. The Morgan fingerprint density at radius 2 is 2.00 bits per heavy atom. The summed E-state index contributed by atoms with van der Waals surface area (Å²) in [6, 6.07) is 12.7. The van der Waals surface area contributed by atoms with Crippen LogP contribution in [-0.4, -0.2) is 16.8 Å². The van der Waals surface area contributed by atoms with E-state index in [0.717, 1.165) is 16.8 Å². The molecule has 2 aromatic carbocycles. The van der Waals surface area contributed by atoms with Crippen LogP contribution in [0.3, 0.4) is 0 Å². The summed E-state index contributed by atoms with van der Waals surface area (Å²) in [5, 5.41) is 22.0. The molecular weight excluding hydrogens is 254 g/mol. The summed E-state index contributed by atoms with van der Waals surface area (Å²) in [4.78, 5) is 0. The molecule has 0 atom stereocenters. The van der Waals surface area contributed by atoms with Gasteiger partial charge in [0.05, 0.1) is 13.2 Å². The molecule has 0 saturated carbocycles. The lowest BCUT2D eigenvalue weighted by atomic mass is 10.1. The van der Waals surface area contributed by atoms with Gasteiger partial charge in [-0.1, -0.05) is 12.1 Å². The van der Waals surface area contributed by atoms with E-state index in [1.807, 2.05) is 37.3 Å². The van der Waals surface area contributed by atoms with Crippen molar-refractivity contribution in [1.29, 1.82) is 0 Å². The van der Waals surface area contributed by atoms with Crippen molar-refractivity contribution in [2.75, 3.05) is 11.9 Å². The standard InChI is InChI=1S/C16H19NO3/c1-2-20-16-7-6-14(9-13(16)11-18)17-10-12-4-3-5-15(19)8-12/h3-9,17-19H,2,10-11H2,1H3. The van der Waals surface area contributed by atoms with Crippen molar-refractivity contribution in [1.82, 2.24) is 0 Å². The van der Waals surface area contributed by atoms with E-state index >= 15 is 0 Å². The summed E-state index contributed by atoms with van der Waals surface area (Å²) >= 11 is 0. The maximum atomic E-state index is 9.41. The molecule has 0 spiro atoms. The summed E-state index contributed by atoms with van der Waals surface area (Å²) in [5.74, 6) is 0.963. The minimum Gasteiger partial charge on any atom is -0.508 e. The van der Waals surface area contributed by atoms with E-state index in [0.29, 0.717) is 18.9 Å². The lowest BCUT2D eigenvalue weighted by Crippen LogP contribution is -2.02. The molecule has 2 rings (SSSR count). The van der Waals surface area contributed by atoms with E-state index in [1.54, 1.807) is 12.1 Å². The van der Waals surface area contributed by atoms with Gasteiger partial charge in [-0.05, 0) is 42.8 Å². The van der Waals surface area contributed by atoms with Gasteiger partial charge in [0.15, 0.2) is 0 Å². The number of aromatic hydroxyl groups is 1. The number of hydrogen-bond acceptors (Lipinski definition) is 4. The van der Waals surface area contributed by atoms with Crippen molar-refractivity contribution >= 4 is 5.69 Å². The minimum atomic E-state index is -0.0586. The average Bonchev–Trinajstić information content (AvgIpc) is 2.46. The maximum absolute atomic E-state index is 9.41. The van der Waals surface area contributed by atoms with Crippen molar-refractivity contribution in [2.45, 2.75) is 20.1 Å². The molecule has 0 aromatic heterocycles. The van der Waals surface area contributed by atoms with E-state index < -0.39 is 0 Å². The first kappa shape index (κ1) is 14.2. The Hall–Kier alpha value is -2.20. The van der Waals surface area contributed by atoms with Crippen LogP contribution in [-0.2, 0) is 13.2 Å². The molecular formula is C16H19NO3. The Balaban J connectivity index is 2.06. The van der Waals surface area contributed by atoms with Gasteiger partial charge in [0.1, 0.15) is 11.5 Å². The second-order valence-electron chi connectivity index (χ2n) is 4.44. The van der Waals surface area contributed by atoms with Crippen LogP contribution in [0.1, 0.15) is 18.1 Å². The van der Waals surface area contributed by atoms with E-state index in [9.17, 15) is 10.2 Å². The first-order chi connectivity index (χ1) is 9.72. The normalized spacial score (nSPS) is 10.3. The van der Waals surface area contributed by atoms with Gasteiger partial charge in [0, 0.05) is 17.8 Å². The molecule has 0 aliphatic carbocycles. The van der Waals surface area contributed by atoms with Crippen molar-refractivity contribution in [3.8, 4) is 11.5 Å². The zero-order valence-electron chi connectivity index (χ0n) is 11.5. The molecule has 0 radical (unpaired) electrons. The smallest absolute Gasteiger partial charge is 0.124 e. The molecule has 0 bridgehead atoms. The van der Waals surface area contributed by atoms with Crippen LogP contribution in [0.4, 0.5) is 5.69 Å². The molecule has 2 aromatic rings. The highest BCUT2D eigenvalue weighted by Crippen LogP contribution is 2.23. The predicted octanol–water partition coefficient (Wildman–Crippen LogP) is 2.90. The predicted molar refractivity (Wildman–Crippen MR) is 79.0 cm³/mol. The van der Waals surface area contributed by atoms with Gasteiger partial charge in [0.25, 0.3) is 0 Å². The van der Waals surface area contributed by atoms with Gasteiger partial charge in [-0.15, -0.1) is 0 Å². The second kappa shape index (κ2) is 6.82. The van der Waals surface area contributed by atoms with Crippen LogP contribution >= 0.6 is 0 Å². The van der Waals surface area contributed by atoms with Crippen LogP contribution < -0.4 is 10.1 Å². The van der Waals surface area contributed by atoms with E-state index in [2.05, 4.69) is 5.32 Å². The molecule has 4 nitrogen and oxygen atoms in total. The molecule has 0 heterocycles. The molecule has 106 valence electrons. The highest BCUT2D eigenvalue weighted by atomic mass is 16.5. The number of phenolic OH excluding ortho intramolecular Hbond substituents is 1. The molecule has 4 heteroatoms. The molecule has 20 heavy (non-hydrogen) atoms. The number of aliphatic hydroxyl groups is 1. The number of aliphatic hydroxyl groups excluding tert-OH is 1. The first-order valence-corrected chi connectivity index (χ1v) is 6.61. The molecule has 0 fully saturated rings. The topological polar surface area (TPSA) is 61.7 Å². The van der Waals surface area contributed by atoms with Crippen LogP contribution in [0.5, 0.6) is 11.5 Å². The van der Waals surface area contributed by atoms with E-state index in [1.165, 1.54) is 0 Å². The molecule has 0 amide bonds. The summed E-state index contributed by atoms with van der Waals surface area (Å²) < 4.78 is 5.44. The zero-order valence-corrected chi connectivity index (χ0v) is 11.5. The fourth-order valence-corrected chi connectivity index (χ4v) is 1.98. The third kappa shape index (κ3) is 3.65.